The van der Waals surface area contributed by atoms with Gasteiger partial charge in [0, 0.05) is 30.2 Å². The smallest absolute Gasteiger partial charge is 0.222 e. The summed E-state index contributed by atoms with van der Waals surface area (Å²) in [4.78, 5) is 11.9. The van der Waals surface area contributed by atoms with Crippen molar-refractivity contribution in [3.63, 3.8) is 0 Å². The Morgan fingerprint density at radius 3 is 2.65 bits per heavy atom. The number of amides is 1. The normalized spacial score (nSPS) is 10.1. The fourth-order valence-electron chi connectivity index (χ4n) is 2.46. The van der Waals surface area contributed by atoms with Crippen LogP contribution in [0.2, 0.25) is 0 Å². The summed E-state index contributed by atoms with van der Waals surface area (Å²) < 4.78 is 2.10. The fraction of sp³-hybridized carbons (Fsp3) is 0.150. The maximum absolute atomic E-state index is 11.9. The molecular weight excluding hydrogens is 284 g/mol. The van der Waals surface area contributed by atoms with Crippen molar-refractivity contribution < 1.29 is 4.79 Å². The Morgan fingerprint density at radius 1 is 1.00 bits per heavy atom. The van der Waals surface area contributed by atoms with Crippen LogP contribution in [0.25, 0.3) is 10.9 Å². The first-order valence-electron chi connectivity index (χ1n) is 7.67. The van der Waals surface area contributed by atoms with Crippen LogP contribution in [0.4, 0.5) is 0 Å². The van der Waals surface area contributed by atoms with Crippen molar-refractivity contribution in [2.75, 3.05) is 6.54 Å². The summed E-state index contributed by atoms with van der Waals surface area (Å²) in [5, 5.41) is 4.03. The third-order valence-electron chi connectivity index (χ3n) is 3.64. The molecule has 0 radical (unpaired) electrons. The molecule has 1 aromatic heterocycles. The molecule has 3 nitrogen and oxygen atoms in total. The first-order valence-corrected chi connectivity index (χ1v) is 7.67. The maximum atomic E-state index is 11.9. The van der Waals surface area contributed by atoms with E-state index < -0.39 is 0 Å². The van der Waals surface area contributed by atoms with E-state index in [4.69, 9.17) is 0 Å². The highest BCUT2D eigenvalue weighted by atomic mass is 16.1. The van der Waals surface area contributed by atoms with E-state index in [2.05, 4.69) is 39.9 Å². The number of carbonyl (C=O) groups excluding carboxylic acids is 1. The van der Waals surface area contributed by atoms with E-state index in [0.717, 1.165) is 11.1 Å². The van der Waals surface area contributed by atoms with Crippen LogP contribution in [0.5, 0.6) is 0 Å². The standard InChI is InChI=1S/C20H18N2O/c23-20(21-14-6-9-17-7-2-1-3-8-17)13-16-22-15-12-18-10-4-5-11-19(18)22/h1-5,7-8,10-12,15H,13-14,16H2,(H,21,23). The minimum atomic E-state index is 0.0187. The van der Waals surface area contributed by atoms with Gasteiger partial charge in [-0.15, -0.1) is 0 Å². The minimum Gasteiger partial charge on any atom is -0.347 e. The molecule has 0 aliphatic rings. The zero-order valence-corrected chi connectivity index (χ0v) is 12.8. The summed E-state index contributed by atoms with van der Waals surface area (Å²) >= 11 is 0. The summed E-state index contributed by atoms with van der Waals surface area (Å²) in [6.45, 7) is 1.05. The highest BCUT2D eigenvalue weighted by Gasteiger charge is 2.03. The number of hydrogen-bond donors (Lipinski definition) is 1. The summed E-state index contributed by atoms with van der Waals surface area (Å²) in [6, 6.07) is 20.0. The molecule has 0 saturated heterocycles. The second kappa shape index (κ2) is 7.33. The Morgan fingerprint density at radius 2 is 1.78 bits per heavy atom. The van der Waals surface area contributed by atoms with Gasteiger partial charge in [-0.05, 0) is 29.7 Å². The average molecular weight is 302 g/mol. The van der Waals surface area contributed by atoms with Crippen molar-refractivity contribution >= 4 is 16.8 Å². The van der Waals surface area contributed by atoms with Crippen LogP contribution in [-0.4, -0.2) is 17.0 Å². The molecule has 114 valence electrons. The summed E-state index contributed by atoms with van der Waals surface area (Å²) in [6.07, 6.45) is 2.47. The number of para-hydroxylation sites is 1. The van der Waals surface area contributed by atoms with E-state index >= 15 is 0 Å². The fourth-order valence-corrected chi connectivity index (χ4v) is 2.46. The molecule has 23 heavy (non-hydrogen) atoms. The average Bonchev–Trinajstić information content (AvgIpc) is 3.01. The number of fused-ring (bicyclic) bond motifs is 1. The molecule has 0 aliphatic carbocycles. The molecule has 0 bridgehead atoms. The third kappa shape index (κ3) is 4.02. The predicted octanol–water partition coefficient (Wildman–Crippen LogP) is 3.20. The van der Waals surface area contributed by atoms with Crippen molar-refractivity contribution in [3.8, 4) is 11.8 Å². The van der Waals surface area contributed by atoms with E-state index in [1.54, 1.807) is 0 Å². The summed E-state index contributed by atoms with van der Waals surface area (Å²) in [5.74, 6) is 6.01. The van der Waals surface area contributed by atoms with Gasteiger partial charge in [-0.2, -0.15) is 0 Å². The number of rotatable bonds is 4. The van der Waals surface area contributed by atoms with Gasteiger partial charge in [0.2, 0.25) is 5.91 Å². The van der Waals surface area contributed by atoms with Crippen LogP contribution in [0.15, 0.2) is 66.9 Å². The molecule has 1 heterocycles. The lowest BCUT2D eigenvalue weighted by atomic mass is 10.2. The van der Waals surface area contributed by atoms with Crippen molar-refractivity contribution in [2.24, 2.45) is 0 Å². The number of hydrogen-bond acceptors (Lipinski definition) is 1. The number of benzene rings is 2. The van der Waals surface area contributed by atoms with Crippen LogP contribution in [0, 0.1) is 11.8 Å². The minimum absolute atomic E-state index is 0.0187. The number of aryl methyl sites for hydroxylation is 1. The Balaban J connectivity index is 1.48. The molecule has 3 rings (SSSR count). The van der Waals surface area contributed by atoms with E-state index in [0.29, 0.717) is 19.5 Å². The zero-order valence-electron chi connectivity index (χ0n) is 12.8. The van der Waals surface area contributed by atoms with Gasteiger partial charge in [0.1, 0.15) is 0 Å². The Hall–Kier alpha value is -2.99. The largest absolute Gasteiger partial charge is 0.347 e. The van der Waals surface area contributed by atoms with Gasteiger partial charge in [0.25, 0.3) is 0 Å². The van der Waals surface area contributed by atoms with Gasteiger partial charge < -0.3 is 9.88 Å². The van der Waals surface area contributed by atoms with Gasteiger partial charge in [0.05, 0.1) is 6.54 Å². The predicted molar refractivity (Wildman–Crippen MR) is 92.9 cm³/mol. The molecule has 0 unspecified atom stereocenters. The second-order valence-electron chi connectivity index (χ2n) is 5.26. The monoisotopic (exact) mass is 302 g/mol. The SMILES string of the molecule is O=C(CCn1ccc2ccccc21)NCC#Cc1ccccc1. The van der Waals surface area contributed by atoms with Gasteiger partial charge in [0.15, 0.2) is 0 Å². The molecule has 0 fully saturated rings. The summed E-state index contributed by atoms with van der Waals surface area (Å²) in [5.41, 5.74) is 2.12. The van der Waals surface area contributed by atoms with Crippen molar-refractivity contribution in [1.29, 1.82) is 0 Å². The number of aromatic nitrogens is 1. The second-order valence-corrected chi connectivity index (χ2v) is 5.26. The molecule has 0 atom stereocenters. The van der Waals surface area contributed by atoms with Gasteiger partial charge in [-0.25, -0.2) is 0 Å². The maximum Gasteiger partial charge on any atom is 0.222 e. The third-order valence-corrected chi connectivity index (χ3v) is 3.64. The highest BCUT2D eigenvalue weighted by molar-refractivity contribution is 5.80. The Kier molecular flexibility index (Phi) is 4.76. The number of nitrogens with one attached hydrogen (secondary N) is 1. The topological polar surface area (TPSA) is 34.0 Å². The van der Waals surface area contributed by atoms with E-state index in [1.165, 1.54) is 5.39 Å². The van der Waals surface area contributed by atoms with Gasteiger partial charge >= 0.3 is 0 Å². The molecule has 0 spiro atoms. The number of carbonyl (C=O) groups is 1. The van der Waals surface area contributed by atoms with Gasteiger partial charge in [-0.1, -0.05) is 48.2 Å². The summed E-state index contributed by atoms with van der Waals surface area (Å²) in [7, 11) is 0. The van der Waals surface area contributed by atoms with Crippen LogP contribution in [-0.2, 0) is 11.3 Å². The van der Waals surface area contributed by atoms with Crippen LogP contribution in [0.3, 0.4) is 0 Å². The highest BCUT2D eigenvalue weighted by Crippen LogP contribution is 2.15. The molecular formula is C20H18N2O. The Labute approximate surface area is 135 Å². The molecule has 2 aromatic carbocycles. The van der Waals surface area contributed by atoms with Gasteiger partial charge in [-0.3, -0.25) is 4.79 Å². The van der Waals surface area contributed by atoms with Crippen LogP contribution < -0.4 is 5.32 Å². The number of nitrogens with zero attached hydrogens (tertiary/aromatic N) is 1. The molecule has 1 N–H and O–H groups in total. The van der Waals surface area contributed by atoms with E-state index in [1.807, 2.05) is 48.7 Å². The lowest BCUT2D eigenvalue weighted by molar-refractivity contribution is -0.121. The lowest BCUT2D eigenvalue weighted by Gasteiger charge is -2.05. The molecule has 3 heteroatoms. The molecule has 1 amide bonds. The van der Waals surface area contributed by atoms with Crippen molar-refractivity contribution in [2.45, 2.75) is 13.0 Å². The van der Waals surface area contributed by atoms with E-state index in [-0.39, 0.29) is 5.91 Å². The van der Waals surface area contributed by atoms with Crippen LogP contribution >= 0.6 is 0 Å². The zero-order chi connectivity index (χ0) is 15.9. The van der Waals surface area contributed by atoms with Crippen molar-refractivity contribution in [3.05, 3.63) is 72.4 Å². The molecule has 3 aromatic rings. The van der Waals surface area contributed by atoms with E-state index in [9.17, 15) is 4.79 Å². The quantitative estimate of drug-likeness (QED) is 0.738. The van der Waals surface area contributed by atoms with Crippen LogP contribution in [0.1, 0.15) is 12.0 Å². The lowest BCUT2D eigenvalue weighted by Crippen LogP contribution is -2.24. The first kappa shape index (κ1) is 14.9. The first-order chi connectivity index (χ1) is 11.3. The van der Waals surface area contributed by atoms with Crippen molar-refractivity contribution in [1.82, 2.24) is 9.88 Å². The molecule has 0 saturated carbocycles. The molecule has 0 aliphatic heterocycles. The Bertz CT molecular complexity index is 853.